The van der Waals surface area contributed by atoms with Gasteiger partial charge in [-0.2, -0.15) is 0 Å². The van der Waals surface area contributed by atoms with E-state index in [1.165, 1.54) is 6.07 Å². The van der Waals surface area contributed by atoms with Gasteiger partial charge in [0, 0.05) is 10.6 Å². The minimum atomic E-state index is -0.787. The molecule has 2 aromatic carbocycles. The fourth-order valence-corrected chi connectivity index (χ4v) is 3.28. The average molecular weight is 412 g/mol. The SMILES string of the molecule is O=C(CN1C(=O)Cc2ccccc2C1=O)OCc1nc2ccc(Cl)cc2c(=O)[nH]1. The van der Waals surface area contributed by atoms with Crippen LogP contribution in [0.2, 0.25) is 5.02 Å². The number of rotatable bonds is 4. The van der Waals surface area contributed by atoms with E-state index in [1.54, 1.807) is 36.4 Å². The van der Waals surface area contributed by atoms with E-state index in [9.17, 15) is 19.2 Å². The van der Waals surface area contributed by atoms with Crippen molar-refractivity contribution >= 4 is 40.3 Å². The third kappa shape index (κ3) is 3.74. The van der Waals surface area contributed by atoms with Gasteiger partial charge in [0.05, 0.1) is 17.3 Å². The molecule has 1 aliphatic rings. The lowest BCUT2D eigenvalue weighted by Gasteiger charge is -2.25. The number of nitrogens with zero attached hydrogens (tertiary/aromatic N) is 2. The lowest BCUT2D eigenvalue weighted by molar-refractivity contribution is -0.149. The second kappa shape index (κ2) is 7.48. The Balaban J connectivity index is 1.45. The number of ether oxygens (including phenoxy) is 1. The molecule has 2 heterocycles. The van der Waals surface area contributed by atoms with E-state index in [0.29, 0.717) is 27.1 Å². The molecular weight excluding hydrogens is 398 g/mol. The molecule has 1 aliphatic heterocycles. The van der Waals surface area contributed by atoms with Crippen LogP contribution in [0.4, 0.5) is 0 Å². The van der Waals surface area contributed by atoms with Crippen molar-refractivity contribution in [3.05, 3.63) is 74.8 Å². The number of H-pyrrole nitrogens is 1. The number of aromatic nitrogens is 2. The number of hydrogen-bond acceptors (Lipinski definition) is 6. The Morgan fingerprint density at radius 2 is 1.97 bits per heavy atom. The molecule has 0 fully saturated rings. The maximum atomic E-state index is 12.5. The van der Waals surface area contributed by atoms with Crippen LogP contribution in [-0.4, -0.2) is 39.2 Å². The second-order valence-electron chi connectivity index (χ2n) is 6.45. The molecule has 4 rings (SSSR count). The Bertz CT molecular complexity index is 1220. The predicted molar refractivity (Wildman–Crippen MR) is 103 cm³/mol. The number of amides is 2. The Morgan fingerprint density at radius 1 is 1.17 bits per heavy atom. The third-order valence-corrected chi connectivity index (χ3v) is 4.74. The van der Waals surface area contributed by atoms with Crippen LogP contribution >= 0.6 is 11.6 Å². The molecule has 2 amide bonds. The van der Waals surface area contributed by atoms with E-state index in [4.69, 9.17) is 16.3 Å². The smallest absolute Gasteiger partial charge is 0.326 e. The van der Waals surface area contributed by atoms with Gasteiger partial charge in [-0.05, 0) is 29.8 Å². The standard InChI is InChI=1S/C20H14ClN3O5/c21-12-5-6-15-14(8-12)19(27)23-16(22-15)10-29-18(26)9-24-17(25)7-11-3-1-2-4-13(11)20(24)28/h1-6,8H,7,9-10H2,(H,22,23,27). The summed E-state index contributed by atoms with van der Waals surface area (Å²) in [7, 11) is 0. The van der Waals surface area contributed by atoms with E-state index in [0.717, 1.165) is 4.90 Å². The van der Waals surface area contributed by atoms with Crippen LogP contribution in [-0.2, 0) is 27.4 Å². The maximum Gasteiger partial charge on any atom is 0.326 e. The van der Waals surface area contributed by atoms with Crippen LogP contribution < -0.4 is 5.56 Å². The van der Waals surface area contributed by atoms with Crippen molar-refractivity contribution in [3.8, 4) is 0 Å². The molecule has 0 spiro atoms. The summed E-state index contributed by atoms with van der Waals surface area (Å²) in [5, 5.41) is 0.720. The quantitative estimate of drug-likeness (QED) is 0.518. The fourth-order valence-electron chi connectivity index (χ4n) is 3.11. The lowest BCUT2D eigenvalue weighted by atomic mass is 9.98. The number of carbonyl (C=O) groups excluding carboxylic acids is 3. The maximum absolute atomic E-state index is 12.5. The highest BCUT2D eigenvalue weighted by Gasteiger charge is 2.32. The summed E-state index contributed by atoms with van der Waals surface area (Å²) >= 11 is 5.87. The molecule has 3 aromatic rings. The molecule has 8 nitrogen and oxygen atoms in total. The molecule has 0 atom stereocenters. The first-order valence-electron chi connectivity index (χ1n) is 8.69. The largest absolute Gasteiger partial charge is 0.456 e. The van der Waals surface area contributed by atoms with Crippen LogP contribution in [0.3, 0.4) is 0 Å². The van der Waals surface area contributed by atoms with E-state index < -0.39 is 29.9 Å². The van der Waals surface area contributed by atoms with Crippen LogP contribution in [0, 0.1) is 0 Å². The van der Waals surface area contributed by atoms with Gasteiger partial charge in [-0.15, -0.1) is 0 Å². The van der Waals surface area contributed by atoms with Crippen molar-refractivity contribution in [1.29, 1.82) is 0 Å². The summed E-state index contributed by atoms with van der Waals surface area (Å²) in [6.07, 6.45) is 0.0390. The van der Waals surface area contributed by atoms with Gasteiger partial charge in [0.2, 0.25) is 5.91 Å². The Kier molecular flexibility index (Phi) is 4.85. The summed E-state index contributed by atoms with van der Waals surface area (Å²) in [5.74, 6) is -1.66. The van der Waals surface area contributed by atoms with Crippen LogP contribution in [0.5, 0.6) is 0 Å². The number of aromatic amines is 1. The highest BCUT2D eigenvalue weighted by atomic mass is 35.5. The fraction of sp³-hybridized carbons (Fsp3) is 0.150. The first kappa shape index (κ1) is 18.8. The van der Waals surface area contributed by atoms with Gasteiger partial charge in [-0.3, -0.25) is 24.1 Å². The van der Waals surface area contributed by atoms with Gasteiger partial charge in [0.25, 0.3) is 11.5 Å². The Morgan fingerprint density at radius 3 is 2.79 bits per heavy atom. The van der Waals surface area contributed by atoms with E-state index in [1.807, 2.05) is 0 Å². The van der Waals surface area contributed by atoms with Gasteiger partial charge in [-0.1, -0.05) is 29.8 Å². The summed E-state index contributed by atoms with van der Waals surface area (Å²) in [4.78, 5) is 56.6. The Labute approximate surface area is 169 Å². The number of halogens is 1. The molecule has 0 unspecified atom stereocenters. The zero-order valence-electron chi connectivity index (χ0n) is 15.0. The topological polar surface area (TPSA) is 109 Å². The van der Waals surface area contributed by atoms with Crippen LogP contribution in [0.15, 0.2) is 47.3 Å². The molecule has 0 bridgehead atoms. The number of hydrogen-bond donors (Lipinski definition) is 1. The lowest BCUT2D eigenvalue weighted by Crippen LogP contribution is -2.45. The summed E-state index contributed by atoms with van der Waals surface area (Å²) in [6.45, 7) is -0.821. The molecule has 0 aliphatic carbocycles. The molecular formula is C20H14ClN3O5. The van der Waals surface area contributed by atoms with Gasteiger partial charge < -0.3 is 9.72 Å². The van der Waals surface area contributed by atoms with Crippen molar-refractivity contribution in [2.45, 2.75) is 13.0 Å². The van der Waals surface area contributed by atoms with Crippen molar-refractivity contribution in [1.82, 2.24) is 14.9 Å². The minimum Gasteiger partial charge on any atom is -0.456 e. The third-order valence-electron chi connectivity index (χ3n) is 4.51. The van der Waals surface area contributed by atoms with Crippen molar-refractivity contribution in [2.75, 3.05) is 6.54 Å². The van der Waals surface area contributed by atoms with E-state index in [-0.39, 0.29) is 18.9 Å². The zero-order valence-corrected chi connectivity index (χ0v) is 15.7. The number of esters is 1. The summed E-state index contributed by atoms with van der Waals surface area (Å²) < 4.78 is 5.10. The van der Waals surface area contributed by atoms with Gasteiger partial charge in [0.15, 0.2) is 0 Å². The number of nitrogens with one attached hydrogen (secondary N) is 1. The molecule has 1 N–H and O–H groups in total. The predicted octanol–water partition coefficient (Wildman–Crippen LogP) is 1.84. The number of benzene rings is 2. The highest BCUT2D eigenvalue weighted by Crippen LogP contribution is 2.19. The molecule has 0 radical (unpaired) electrons. The van der Waals surface area contributed by atoms with Gasteiger partial charge in [0.1, 0.15) is 19.0 Å². The average Bonchev–Trinajstić information content (AvgIpc) is 2.70. The van der Waals surface area contributed by atoms with Crippen molar-refractivity contribution in [2.24, 2.45) is 0 Å². The van der Waals surface area contributed by atoms with Gasteiger partial charge >= 0.3 is 5.97 Å². The van der Waals surface area contributed by atoms with Crippen LogP contribution in [0.1, 0.15) is 21.7 Å². The van der Waals surface area contributed by atoms with Crippen molar-refractivity contribution < 1.29 is 19.1 Å². The second-order valence-corrected chi connectivity index (χ2v) is 6.89. The van der Waals surface area contributed by atoms with Crippen LogP contribution in [0.25, 0.3) is 10.9 Å². The molecule has 0 saturated carbocycles. The molecule has 146 valence electrons. The summed E-state index contributed by atoms with van der Waals surface area (Å²) in [5.41, 5.74) is 1.01. The minimum absolute atomic E-state index is 0.0390. The first-order valence-corrected chi connectivity index (χ1v) is 9.07. The number of carbonyl (C=O) groups is 3. The Hall–Kier alpha value is -3.52. The summed E-state index contributed by atoms with van der Waals surface area (Å²) in [6, 6.07) is 11.4. The molecule has 0 saturated heterocycles. The number of imide groups is 1. The molecule has 9 heteroatoms. The number of fused-ring (bicyclic) bond motifs is 2. The molecule has 29 heavy (non-hydrogen) atoms. The van der Waals surface area contributed by atoms with Gasteiger partial charge in [-0.25, -0.2) is 4.98 Å². The highest BCUT2D eigenvalue weighted by molar-refractivity contribution is 6.31. The zero-order chi connectivity index (χ0) is 20.5. The molecule has 1 aromatic heterocycles. The van der Waals surface area contributed by atoms with Crippen molar-refractivity contribution in [3.63, 3.8) is 0 Å². The van der Waals surface area contributed by atoms with E-state index >= 15 is 0 Å². The van der Waals surface area contributed by atoms with E-state index in [2.05, 4.69) is 9.97 Å². The monoisotopic (exact) mass is 411 g/mol. The normalized spacial score (nSPS) is 13.5. The first-order chi connectivity index (χ1) is 13.9.